The average molecular weight is 416 g/mol. The third-order valence-corrected chi connectivity index (χ3v) is 10.1. The van der Waals surface area contributed by atoms with Crippen LogP contribution < -0.4 is 16.6 Å². The van der Waals surface area contributed by atoms with Gasteiger partial charge in [-0.05, 0) is 56.6 Å². The van der Waals surface area contributed by atoms with Crippen LogP contribution in [-0.2, 0) is 18.1 Å². The second kappa shape index (κ2) is 7.99. The predicted molar refractivity (Wildman–Crippen MR) is 127 cm³/mol. The van der Waals surface area contributed by atoms with E-state index < -0.39 is 8.32 Å². The van der Waals surface area contributed by atoms with Crippen LogP contribution in [0.4, 0.5) is 11.4 Å². The first-order chi connectivity index (χ1) is 13.1. The Morgan fingerprint density at radius 2 is 1.76 bits per heavy atom. The molecular formula is C23H37N3O2Si. The molecule has 2 rings (SSSR count). The Labute approximate surface area is 176 Å². The molecule has 1 heterocycles. The third-order valence-electron chi connectivity index (χ3n) is 5.60. The third kappa shape index (κ3) is 5.51. The van der Waals surface area contributed by atoms with Crippen molar-refractivity contribution in [1.82, 2.24) is 4.57 Å². The molecule has 0 aliphatic rings. The molecule has 0 unspecified atom stereocenters. The van der Waals surface area contributed by atoms with Crippen LogP contribution in [0.15, 0.2) is 35.3 Å². The van der Waals surface area contributed by atoms with Crippen LogP contribution in [0, 0.1) is 0 Å². The molecule has 0 aliphatic carbocycles. The number of aromatic nitrogens is 1. The fraction of sp³-hybridized carbons (Fsp3) is 0.522. The fourth-order valence-corrected chi connectivity index (χ4v) is 3.80. The molecule has 6 heteroatoms. The lowest BCUT2D eigenvalue weighted by Crippen LogP contribution is -2.40. The number of nitrogens with one attached hydrogen (secondary N) is 1. The molecule has 3 N–H and O–H groups in total. The second-order valence-corrected chi connectivity index (χ2v) is 15.2. The predicted octanol–water partition coefficient (Wildman–Crippen LogP) is 5.37. The number of benzene rings is 1. The van der Waals surface area contributed by atoms with Crippen molar-refractivity contribution in [3.63, 3.8) is 0 Å². The number of rotatable bonds is 5. The highest BCUT2D eigenvalue weighted by molar-refractivity contribution is 6.74. The maximum Gasteiger partial charge on any atom is 0.273 e. The smallest absolute Gasteiger partial charge is 0.273 e. The zero-order valence-electron chi connectivity index (χ0n) is 19.4. The standard InChI is InChI=1S/C23H37N3O2Si/c1-22(2,3)25-20-13-16(14-26(7)21(20)27)17-11-10-12-19(24)18(17)15-28-29(8,9)23(4,5)6/h10-14,25H,15,24H2,1-9H3. The molecule has 0 aliphatic heterocycles. The number of nitrogen functional groups attached to an aromatic ring is 1. The van der Waals surface area contributed by atoms with Gasteiger partial charge in [0.05, 0.1) is 6.61 Å². The monoisotopic (exact) mass is 415 g/mol. The minimum atomic E-state index is -1.92. The minimum absolute atomic E-state index is 0.0494. The maximum absolute atomic E-state index is 12.6. The lowest BCUT2D eigenvalue weighted by atomic mass is 9.99. The van der Waals surface area contributed by atoms with Gasteiger partial charge in [-0.15, -0.1) is 0 Å². The van der Waals surface area contributed by atoms with Crippen molar-refractivity contribution in [1.29, 1.82) is 0 Å². The van der Waals surface area contributed by atoms with Gasteiger partial charge in [0.15, 0.2) is 8.32 Å². The molecule has 160 valence electrons. The van der Waals surface area contributed by atoms with Crippen molar-refractivity contribution < 1.29 is 4.43 Å². The fourth-order valence-electron chi connectivity index (χ4n) is 2.86. The highest BCUT2D eigenvalue weighted by Gasteiger charge is 2.37. The largest absolute Gasteiger partial charge is 0.412 e. The zero-order valence-corrected chi connectivity index (χ0v) is 20.4. The molecule has 0 atom stereocenters. The summed E-state index contributed by atoms with van der Waals surface area (Å²) in [4.78, 5) is 12.6. The molecule has 29 heavy (non-hydrogen) atoms. The molecule has 2 aromatic rings. The first kappa shape index (κ1) is 23.2. The molecule has 5 nitrogen and oxygen atoms in total. The molecule has 0 saturated heterocycles. The highest BCUT2D eigenvalue weighted by atomic mass is 28.4. The zero-order chi connectivity index (χ0) is 22.2. The molecule has 0 saturated carbocycles. The van der Waals surface area contributed by atoms with E-state index in [1.54, 1.807) is 11.6 Å². The Hall–Kier alpha value is -2.05. The van der Waals surface area contributed by atoms with Crippen molar-refractivity contribution in [3.05, 3.63) is 46.4 Å². The van der Waals surface area contributed by atoms with E-state index >= 15 is 0 Å². The molecular weight excluding hydrogens is 378 g/mol. The van der Waals surface area contributed by atoms with Gasteiger partial charge in [-0.25, -0.2) is 0 Å². The van der Waals surface area contributed by atoms with Crippen molar-refractivity contribution in [3.8, 4) is 11.1 Å². The maximum atomic E-state index is 12.6. The Balaban J connectivity index is 2.52. The van der Waals surface area contributed by atoms with E-state index in [0.717, 1.165) is 16.7 Å². The van der Waals surface area contributed by atoms with Gasteiger partial charge in [0.2, 0.25) is 0 Å². The average Bonchev–Trinajstić information content (AvgIpc) is 2.55. The van der Waals surface area contributed by atoms with Gasteiger partial charge in [0, 0.05) is 35.6 Å². The molecule has 1 aromatic carbocycles. The first-order valence-electron chi connectivity index (χ1n) is 10.1. The van der Waals surface area contributed by atoms with Crippen LogP contribution >= 0.6 is 0 Å². The van der Waals surface area contributed by atoms with Gasteiger partial charge in [0.1, 0.15) is 5.69 Å². The highest BCUT2D eigenvalue weighted by Crippen LogP contribution is 2.38. The van der Waals surface area contributed by atoms with Crippen LogP contribution in [0.1, 0.15) is 47.1 Å². The van der Waals surface area contributed by atoms with E-state index in [1.165, 1.54) is 0 Å². The molecule has 1 aromatic heterocycles. The summed E-state index contributed by atoms with van der Waals surface area (Å²) in [5.74, 6) is 0. The topological polar surface area (TPSA) is 69.3 Å². The number of hydrogen-bond donors (Lipinski definition) is 2. The van der Waals surface area contributed by atoms with Crippen molar-refractivity contribution in [2.75, 3.05) is 11.1 Å². The second-order valence-electron chi connectivity index (χ2n) is 10.4. The molecule has 0 radical (unpaired) electrons. The van der Waals surface area contributed by atoms with E-state index in [-0.39, 0.29) is 16.1 Å². The lowest BCUT2D eigenvalue weighted by molar-refractivity contribution is 0.277. The Kier molecular flexibility index (Phi) is 6.40. The van der Waals surface area contributed by atoms with E-state index in [2.05, 4.69) is 39.2 Å². The summed E-state index contributed by atoms with van der Waals surface area (Å²) < 4.78 is 8.08. The van der Waals surface area contributed by atoms with Gasteiger partial charge < -0.3 is 20.0 Å². The van der Waals surface area contributed by atoms with Gasteiger partial charge in [-0.3, -0.25) is 4.79 Å². The molecule has 0 spiro atoms. The van der Waals surface area contributed by atoms with Gasteiger partial charge >= 0.3 is 0 Å². The molecule has 0 amide bonds. The summed E-state index contributed by atoms with van der Waals surface area (Å²) in [5.41, 5.74) is 10.3. The SMILES string of the molecule is Cn1cc(-c2cccc(N)c2CO[Si](C)(C)C(C)(C)C)cc(NC(C)(C)C)c1=O. The van der Waals surface area contributed by atoms with Crippen molar-refractivity contribution >= 4 is 19.7 Å². The van der Waals surface area contributed by atoms with Gasteiger partial charge in [0.25, 0.3) is 5.56 Å². The van der Waals surface area contributed by atoms with Crippen molar-refractivity contribution in [2.24, 2.45) is 7.05 Å². The number of anilines is 2. The van der Waals surface area contributed by atoms with E-state index in [4.69, 9.17) is 10.2 Å². The van der Waals surface area contributed by atoms with E-state index in [9.17, 15) is 4.79 Å². The van der Waals surface area contributed by atoms with Crippen LogP contribution in [-0.4, -0.2) is 18.4 Å². The number of pyridine rings is 1. The summed E-state index contributed by atoms with van der Waals surface area (Å²) in [6.07, 6.45) is 1.86. The summed E-state index contributed by atoms with van der Waals surface area (Å²) in [6, 6.07) is 7.81. The van der Waals surface area contributed by atoms with Crippen molar-refractivity contribution in [2.45, 2.75) is 71.8 Å². The first-order valence-corrected chi connectivity index (χ1v) is 13.0. The van der Waals surface area contributed by atoms with Gasteiger partial charge in [-0.1, -0.05) is 32.9 Å². The summed E-state index contributed by atoms with van der Waals surface area (Å²) in [7, 11) is -0.145. The summed E-state index contributed by atoms with van der Waals surface area (Å²) >= 11 is 0. The van der Waals surface area contributed by atoms with E-state index in [0.29, 0.717) is 18.0 Å². The Bertz CT molecular complexity index is 935. The molecule has 0 fully saturated rings. The van der Waals surface area contributed by atoms with Crippen LogP contribution in [0.3, 0.4) is 0 Å². The van der Waals surface area contributed by atoms with Crippen LogP contribution in [0.5, 0.6) is 0 Å². The number of nitrogens with zero attached hydrogens (tertiary/aromatic N) is 1. The number of nitrogens with two attached hydrogens (primary N) is 1. The van der Waals surface area contributed by atoms with Crippen LogP contribution in [0.2, 0.25) is 18.1 Å². The van der Waals surface area contributed by atoms with Gasteiger partial charge in [-0.2, -0.15) is 0 Å². The Morgan fingerprint density at radius 1 is 1.14 bits per heavy atom. The Morgan fingerprint density at radius 3 is 2.31 bits per heavy atom. The minimum Gasteiger partial charge on any atom is -0.412 e. The number of aryl methyl sites for hydroxylation is 1. The van der Waals surface area contributed by atoms with E-state index in [1.807, 2.05) is 51.2 Å². The normalized spacial score (nSPS) is 12.9. The number of hydrogen-bond acceptors (Lipinski definition) is 4. The summed E-state index contributed by atoms with van der Waals surface area (Å²) in [5, 5.41) is 3.44. The summed E-state index contributed by atoms with van der Waals surface area (Å²) in [6.45, 7) is 17.7. The lowest BCUT2D eigenvalue weighted by Gasteiger charge is -2.36. The quantitative estimate of drug-likeness (QED) is 0.509. The van der Waals surface area contributed by atoms with Crippen LogP contribution in [0.25, 0.3) is 11.1 Å². The molecule has 0 bridgehead atoms.